The molecule has 0 fully saturated rings. The first-order valence-electron chi connectivity index (χ1n) is 11.5. The van der Waals surface area contributed by atoms with Gasteiger partial charge >= 0.3 is 11.9 Å². The van der Waals surface area contributed by atoms with Crippen LogP contribution < -0.4 is 15.9 Å². The highest BCUT2D eigenvalue weighted by molar-refractivity contribution is 7.97. The molecule has 4 aromatic rings. The second-order valence-electron chi connectivity index (χ2n) is 7.98. The van der Waals surface area contributed by atoms with E-state index in [0.717, 1.165) is 21.5 Å². The fraction of sp³-hybridized carbons (Fsp3) is 0.0645. The summed E-state index contributed by atoms with van der Waals surface area (Å²) in [6.45, 7) is -2.92. The van der Waals surface area contributed by atoms with Gasteiger partial charge in [-0.05, 0) is 34.4 Å². The zero-order valence-corrected chi connectivity index (χ0v) is 21.1. The molecule has 0 atom stereocenters. The third-order valence-corrected chi connectivity index (χ3v) is 10.2. The Hall–Kier alpha value is -4.14. The Morgan fingerprint density at radius 2 is 0.917 bits per heavy atom. The van der Waals surface area contributed by atoms with Crippen LogP contribution in [0.3, 0.4) is 0 Å². The van der Waals surface area contributed by atoms with Crippen LogP contribution in [0.2, 0.25) is 0 Å². The van der Waals surface area contributed by atoms with Crippen LogP contribution in [0.15, 0.2) is 127 Å². The van der Waals surface area contributed by atoms with Crippen molar-refractivity contribution < 1.29 is 19.1 Å². The summed E-state index contributed by atoms with van der Waals surface area (Å²) in [5.74, 6) is -1.18. The standard InChI is InChI=1S/C31H27O4P/c1-34-30(32)28(23-24-15-7-3-8-16-24)29(31(33)35-2)36(25-17-9-4-10-18-25,26-19-11-5-12-20-26)27-21-13-6-14-22-27/h3-23H,1-2H3/b28-23-. The highest BCUT2D eigenvalue weighted by Gasteiger charge is 2.37. The first-order valence-corrected chi connectivity index (χ1v) is 13.3. The lowest BCUT2D eigenvalue weighted by Gasteiger charge is -2.32. The molecule has 180 valence electrons. The van der Waals surface area contributed by atoms with Crippen LogP contribution in [-0.4, -0.2) is 31.5 Å². The van der Waals surface area contributed by atoms with E-state index < -0.39 is 18.8 Å². The first-order chi connectivity index (χ1) is 17.6. The Labute approximate surface area is 211 Å². The Morgan fingerprint density at radius 3 is 1.28 bits per heavy atom. The molecule has 4 aromatic carbocycles. The van der Waals surface area contributed by atoms with Crippen molar-refractivity contribution in [1.29, 1.82) is 0 Å². The normalized spacial score (nSPS) is 11.4. The summed E-state index contributed by atoms with van der Waals surface area (Å²) < 4.78 is 10.6. The quantitative estimate of drug-likeness (QED) is 0.214. The lowest BCUT2D eigenvalue weighted by molar-refractivity contribution is -0.137. The number of ether oxygens (including phenoxy) is 2. The van der Waals surface area contributed by atoms with Crippen molar-refractivity contribution in [3.05, 3.63) is 132 Å². The van der Waals surface area contributed by atoms with Crippen LogP contribution in [0.25, 0.3) is 6.08 Å². The van der Waals surface area contributed by atoms with Crippen LogP contribution in [0.4, 0.5) is 0 Å². The summed E-state index contributed by atoms with van der Waals surface area (Å²) in [5.41, 5.74) is 0.937. The van der Waals surface area contributed by atoms with E-state index in [1.165, 1.54) is 14.2 Å². The van der Waals surface area contributed by atoms with Gasteiger partial charge in [0, 0.05) is 0 Å². The molecule has 36 heavy (non-hydrogen) atoms. The molecule has 5 heteroatoms. The van der Waals surface area contributed by atoms with E-state index in [9.17, 15) is 9.59 Å². The maximum atomic E-state index is 13.9. The fourth-order valence-corrected chi connectivity index (χ4v) is 8.77. The number of carbonyl (C=O) groups excluding carboxylic acids is 2. The highest BCUT2D eigenvalue weighted by atomic mass is 31.2. The van der Waals surface area contributed by atoms with Crippen molar-refractivity contribution in [3.8, 4) is 0 Å². The average molecular weight is 495 g/mol. The van der Waals surface area contributed by atoms with Gasteiger partial charge in [-0.15, -0.1) is 0 Å². The van der Waals surface area contributed by atoms with E-state index in [-0.39, 0.29) is 10.9 Å². The molecule has 0 aliphatic heterocycles. The summed E-state index contributed by atoms with van der Waals surface area (Å²) in [6, 6.07) is 39.0. The van der Waals surface area contributed by atoms with E-state index >= 15 is 0 Å². The van der Waals surface area contributed by atoms with Crippen molar-refractivity contribution in [3.63, 3.8) is 0 Å². The van der Waals surface area contributed by atoms with Crippen molar-refractivity contribution in [2.24, 2.45) is 0 Å². The van der Waals surface area contributed by atoms with Gasteiger partial charge in [-0.25, -0.2) is 9.59 Å². The van der Waals surface area contributed by atoms with Gasteiger partial charge in [0.2, 0.25) is 0 Å². The molecule has 0 N–H and O–H groups in total. The van der Waals surface area contributed by atoms with Crippen molar-refractivity contribution >= 4 is 46.1 Å². The Bertz CT molecular complexity index is 1310. The maximum absolute atomic E-state index is 13.9. The molecule has 4 rings (SSSR count). The van der Waals surface area contributed by atoms with Gasteiger partial charge in [0.25, 0.3) is 0 Å². The van der Waals surface area contributed by atoms with Gasteiger partial charge in [-0.2, -0.15) is 0 Å². The molecule has 4 nitrogen and oxygen atoms in total. The van der Waals surface area contributed by atoms with Gasteiger partial charge in [0.15, 0.2) is 0 Å². The van der Waals surface area contributed by atoms with E-state index in [1.54, 1.807) is 6.08 Å². The van der Waals surface area contributed by atoms with Gasteiger partial charge < -0.3 is 9.47 Å². The molecule has 0 aliphatic carbocycles. The number of hydrogen-bond acceptors (Lipinski definition) is 4. The van der Waals surface area contributed by atoms with E-state index in [4.69, 9.17) is 9.47 Å². The molecule has 0 saturated heterocycles. The second-order valence-corrected chi connectivity index (χ2v) is 11.3. The van der Waals surface area contributed by atoms with E-state index in [2.05, 4.69) is 0 Å². The van der Waals surface area contributed by atoms with Crippen LogP contribution in [-0.2, 0) is 19.1 Å². The Kier molecular flexibility index (Phi) is 7.99. The molecular formula is C31H27O4P. The summed E-state index contributed by atoms with van der Waals surface area (Å²) in [5, 5.41) is 3.05. The third-order valence-electron chi connectivity index (χ3n) is 5.92. The highest BCUT2D eigenvalue weighted by Crippen LogP contribution is 2.48. The molecule has 0 bridgehead atoms. The minimum absolute atomic E-state index is 0.167. The minimum atomic E-state index is -2.92. The van der Waals surface area contributed by atoms with Crippen molar-refractivity contribution in [1.82, 2.24) is 0 Å². The van der Waals surface area contributed by atoms with Crippen molar-refractivity contribution in [2.75, 3.05) is 14.2 Å². The summed E-state index contributed by atoms with van der Waals surface area (Å²) in [4.78, 5) is 27.3. The van der Waals surface area contributed by atoms with Crippen molar-refractivity contribution in [2.45, 2.75) is 0 Å². The van der Waals surface area contributed by atoms with Gasteiger partial charge in [-0.3, -0.25) is 0 Å². The zero-order valence-electron chi connectivity index (χ0n) is 20.2. The Balaban J connectivity index is 2.32. The Morgan fingerprint density at radius 1 is 0.556 bits per heavy atom. The lowest BCUT2D eigenvalue weighted by Crippen LogP contribution is -2.36. The molecule has 0 saturated carbocycles. The monoisotopic (exact) mass is 494 g/mol. The van der Waals surface area contributed by atoms with Crippen LogP contribution in [0, 0.1) is 0 Å². The first kappa shape index (κ1) is 25.0. The molecular weight excluding hydrogens is 467 g/mol. The van der Waals surface area contributed by atoms with Crippen LogP contribution in [0.5, 0.6) is 0 Å². The van der Waals surface area contributed by atoms with Crippen LogP contribution >= 0.6 is 6.89 Å². The number of hydrogen-bond donors (Lipinski definition) is 0. The molecule has 0 unspecified atom stereocenters. The van der Waals surface area contributed by atoms with E-state index in [0.29, 0.717) is 0 Å². The van der Waals surface area contributed by atoms with E-state index in [1.807, 2.05) is 121 Å². The lowest BCUT2D eigenvalue weighted by atomic mass is 10.1. The summed E-state index contributed by atoms with van der Waals surface area (Å²) in [6.07, 6.45) is 1.71. The SMILES string of the molecule is COC(=O)C(/C(=C/c1ccccc1)C(=O)OC)=P(c1ccccc1)(c1ccccc1)c1ccccc1. The number of rotatable bonds is 7. The van der Waals surface area contributed by atoms with Gasteiger partial charge in [0.05, 0.1) is 25.1 Å². The number of esters is 2. The fourth-order valence-electron chi connectivity index (χ4n) is 4.36. The molecule has 0 radical (unpaired) electrons. The maximum Gasteiger partial charge on any atom is 0.339 e. The zero-order chi connectivity index (χ0) is 25.4. The number of methoxy groups -OCH3 is 2. The third kappa shape index (κ3) is 4.82. The second kappa shape index (κ2) is 11.5. The molecule has 0 spiro atoms. The number of carbonyl (C=O) groups is 2. The van der Waals surface area contributed by atoms with Crippen LogP contribution in [0.1, 0.15) is 5.56 Å². The summed E-state index contributed by atoms with van der Waals surface area (Å²) >= 11 is 0. The minimum Gasteiger partial charge on any atom is -0.465 e. The molecule has 0 aliphatic rings. The number of benzene rings is 4. The largest absolute Gasteiger partial charge is 0.465 e. The molecule has 0 heterocycles. The smallest absolute Gasteiger partial charge is 0.339 e. The molecule has 0 amide bonds. The van der Waals surface area contributed by atoms with Gasteiger partial charge in [-0.1, -0.05) is 121 Å². The van der Waals surface area contributed by atoms with Gasteiger partial charge in [0.1, 0.15) is 0 Å². The predicted octanol–water partition coefficient (Wildman–Crippen LogP) is 4.58. The average Bonchev–Trinajstić information content (AvgIpc) is 2.96. The topological polar surface area (TPSA) is 52.6 Å². The predicted molar refractivity (Wildman–Crippen MR) is 149 cm³/mol. The summed E-state index contributed by atoms with van der Waals surface area (Å²) in [7, 11) is 2.67. The molecule has 0 aromatic heterocycles.